The fourth-order valence-electron chi connectivity index (χ4n) is 3.35. The van der Waals surface area contributed by atoms with Crippen LogP contribution in [0.1, 0.15) is 16.7 Å². The van der Waals surface area contributed by atoms with E-state index in [1.807, 2.05) is 55.9 Å². The molecule has 0 saturated heterocycles. The van der Waals surface area contributed by atoms with Crippen molar-refractivity contribution in [1.29, 1.82) is 0 Å². The van der Waals surface area contributed by atoms with Crippen LogP contribution in [0.3, 0.4) is 0 Å². The molecule has 0 bridgehead atoms. The number of nitrogens with zero attached hydrogens (tertiary/aromatic N) is 5. The highest BCUT2D eigenvalue weighted by molar-refractivity contribution is 5.65. The molecule has 0 aliphatic carbocycles. The van der Waals surface area contributed by atoms with E-state index < -0.39 is 0 Å². The SMILES string of the molecule is Cc1cc(-c2ccn(C)c2)ccc1OCc1c(C)cccc1-n1nnn(C)c1=O. The molecule has 0 unspecified atom stereocenters. The molecule has 2 aromatic heterocycles. The van der Waals surface area contributed by atoms with Gasteiger partial charge in [0.25, 0.3) is 0 Å². The van der Waals surface area contributed by atoms with Crippen LogP contribution in [0.2, 0.25) is 0 Å². The summed E-state index contributed by atoms with van der Waals surface area (Å²) in [6, 6.07) is 14.0. The van der Waals surface area contributed by atoms with Crippen LogP contribution in [0.25, 0.3) is 16.8 Å². The highest BCUT2D eigenvalue weighted by atomic mass is 16.5. The third kappa shape index (κ3) is 3.59. The molecule has 2 heterocycles. The molecule has 0 radical (unpaired) electrons. The van der Waals surface area contributed by atoms with Gasteiger partial charge in [-0.3, -0.25) is 0 Å². The van der Waals surface area contributed by atoms with E-state index in [0.717, 1.165) is 28.0 Å². The lowest BCUT2D eigenvalue weighted by Gasteiger charge is -2.14. The first-order valence-corrected chi connectivity index (χ1v) is 9.37. The van der Waals surface area contributed by atoms with Gasteiger partial charge in [0.2, 0.25) is 0 Å². The van der Waals surface area contributed by atoms with Crippen molar-refractivity contribution in [3.05, 3.63) is 82.0 Å². The molecule has 148 valence electrons. The topological polar surface area (TPSA) is 66.9 Å². The molecule has 7 nitrogen and oxygen atoms in total. The van der Waals surface area contributed by atoms with Gasteiger partial charge in [-0.2, -0.15) is 9.36 Å². The Labute approximate surface area is 168 Å². The van der Waals surface area contributed by atoms with Crippen LogP contribution >= 0.6 is 0 Å². The number of rotatable bonds is 5. The highest BCUT2D eigenvalue weighted by Crippen LogP contribution is 2.28. The summed E-state index contributed by atoms with van der Waals surface area (Å²) in [6.45, 7) is 4.36. The first kappa shape index (κ1) is 18.7. The summed E-state index contributed by atoms with van der Waals surface area (Å²) in [5, 5.41) is 7.78. The molecular weight excluding hydrogens is 366 g/mol. The van der Waals surface area contributed by atoms with E-state index >= 15 is 0 Å². The fraction of sp³-hybridized carbons (Fsp3) is 0.227. The van der Waals surface area contributed by atoms with Crippen molar-refractivity contribution in [2.45, 2.75) is 20.5 Å². The Kier molecular flexibility index (Phi) is 4.80. The van der Waals surface area contributed by atoms with Crippen molar-refractivity contribution < 1.29 is 4.74 Å². The van der Waals surface area contributed by atoms with Crippen LogP contribution in [0.15, 0.2) is 59.7 Å². The number of aryl methyl sites for hydroxylation is 4. The van der Waals surface area contributed by atoms with E-state index in [-0.39, 0.29) is 5.69 Å². The fourth-order valence-corrected chi connectivity index (χ4v) is 3.35. The van der Waals surface area contributed by atoms with Crippen molar-refractivity contribution in [1.82, 2.24) is 24.4 Å². The van der Waals surface area contributed by atoms with Crippen LogP contribution in [0.4, 0.5) is 0 Å². The van der Waals surface area contributed by atoms with Crippen LogP contribution in [0, 0.1) is 13.8 Å². The van der Waals surface area contributed by atoms with E-state index in [0.29, 0.717) is 12.3 Å². The van der Waals surface area contributed by atoms with Crippen molar-refractivity contribution in [2.75, 3.05) is 0 Å². The zero-order valence-electron chi connectivity index (χ0n) is 17.0. The second kappa shape index (κ2) is 7.43. The summed E-state index contributed by atoms with van der Waals surface area (Å²) in [5.74, 6) is 0.811. The normalized spacial score (nSPS) is 11.0. The van der Waals surface area contributed by atoms with Gasteiger partial charge in [-0.25, -0.2) is 4.79 Å². The molecule has 0 spiro atoms. The Hall–Kier alpha value is -3.61. The van der Waals surface area contributed by atoms with Gasteiger partial charge < -0.3 is 9.30 Å². The molecule has 2 aromatic carbocycles. The van der Waals surface area contributed by atoms with Crippen molar-refractivity contribution in [3.8, 4) is 22.6 Å². The molecule has 0 amide bonds. The molecule has 0 fully saturated rings. The van der Waals surface area contributed by atoms with Crippen molar-refractivity contribution in [2.24, 2.45) is 14.1 Å². The number of tetrazole rings is 1. The van der Waals surface area contributed by atoms with Crippen LogP contribution in [0.5, 0.6) is 5.75 Å². The largest absolute Gasteiger partial charge is 0.489 e. The lowest BCUT2D eigenvalue weighted by molar-refractivity contribution is 0.302. The van der Waals surface area contributed by atoms with E-state index in [4.69, 9.17) is 4.74 Å². The first-order valence-electron chi connectivity index (χ1n) is 9.37. The van der Waals surface area contributed by atoms with Gasteiger partial charge in [0.1, 0.15) is 12.4 Å². The average Bonchev–Trinajstić information content (AvgIpc) is 3.27. The van der Waals surface area contributed by atoms with E-state index in [1.165, 1.54) is 14.9 Å². The predicted octanol–water partition coefficient (Wildman–Crippen LogP) is 3.17. The summed E-state index contributed by atoms with van der Waals surface area (Å²) in [5.41, 5.74) is 5.70. The van der Waals surface area contributed by atoms with Gasteiger partial charge in [-0.1, -0.05) is 18.2 Å². The second-order valence-corrected chi connectivity index (χ2v) is 7.20. The molecule has 0 saturated carbocycles. The smallest absolute Gasteiger partial charge is 0.368 e. The van der Waals surface area contributed by atoms with Crippen molar-refractivity contribution in [3.63, 3.8) is 0 Å². The van der Waals surface area contributed by atoms with E-state index in [1.54, 1.807) is 7.05 Å². The summed E-state index contributed by atoms with van der Waals surface area (Å²) in [4.78, 5) is 12.3. The molecule has 0 aliphatic rings. The van der Waals surface area contributed by atoms with E-state index in [2.05, 4.69) is 34.8 Å². The van der Waals surface area contributed by atoms with Gasteiger partial charge in [-0.15, -0.1) is 0 Å². The Balaban J connectivity index is 1.61. The number of aromatic nitrogens is 5. The van der Waals surface area contributed by atoms with Crippen LogP contribution in [-0.4, -0.2) is 24.4 Å². The van der Waals surface area contributed by atoms with Gasteiger partial charge >= 0.3 is 5.69 Å². The maximum atomic E-state index is 12.3. The monoisotopic (exact) mass is 389 g/mol. The Morgan fingerprint density at radius 1 is 0.966 bits per heavy atom. The van der Waals surface area contributed by atoms with Gasteiger partial charge in [0.15, 0.2) is 0 Å². The molecule has 4 rings (SSSR count). The zero-order valence-corrected chi connectivity index (χ0v) is 17.0. The molecule has 0 N–H and O–H groups in total. The van der Waals surface area contributed by atoms with Crippen LogP contribution in [-0.2, 0) is 20.7 Å². The number of hydrogen-bond donors (Lipinski definition) is 0. The van der Waals surface area contributed by atoms with Gasteiger partial charge in [0, 0.05) is 32.1 Å². The average molecular weight is 389 g/mol. The van der Waals surface area contributed by atoms with E-state index in [9.17, 15) is 4.79 Å². The minimum absolute atomic E-state index is 0.291. The van der Waals surface area contributed by atoms with Crippen LogP contribution < -0.4 is 10.4 Å². The minimum atomic E-state index is -0.291. The second-order valence-electron chi connectivity index (χ2n) is 7.20. The summed E-state index contributed by atoms with van der Waals surface area (Å²) in [6.07, 6.45) is 4.12. The Morgan fingerprint density at radius 2 is 1.79 bits per heavy atom. The minimum Gasteiger partial charge on any atom is -0.489 e. The quantitative estimate of drug-likeness (QED) is 0.526. The molecule has 29 heavy (non-hydrogen) atoms. The third-order valence-corrected chi connectivity index (χ3v) is 5.05. The summed E-state index contributed by atoms with van der Waals surface area (Å²) < 4.78 is 10.7. The highest BCUT2D eigenvalue weighted by Gasteiger charge is 2.14. The van der Waals surface area contributed by atoms with Crippen molar-refractivity contribution >= 4 is 0 Å². The standard InChI is InChI=1S/C22H23N5O2/c1-15-6-5-7-20(27-22(28)26(4)23-24-27)19(15)14-29-21-9-8-17(12-16(21)2)18-10-11-25(3)13-18/h5-13H,14H2,1-4H3. The summed E-state index contributed by atoms with van der Waals surface area (Å²) >= 11 is 0. The number of ether oxygens (including phenoxy) is 1. The molecule has 0 aliphatic heterocycles. The lowest BCUT2D eigenvalue weighted by Crippen LogP contribution is -2.23. The Morgan fingerprint density at radius 3 is 2.45 bits per heavy atom. The lowest BCUT2D eigenvalue weighted by atomic mass is 10.1. The number of benzene rings is 2. The zero-order chi connectivity index (χ0) is 20.5. The Bertz CT molecular complexity index is 1230. The summed E-state index contributed by atoms with van der Waals surface area (Å²) in [7, 11) is 3.59. The molecule has 4 aromatic rings. The molecular formula is C22H23N5O2. The third-order valence-electron chi connectivity index (χ3n) is 5.05. The maximum absolute atomic E-state index is 12.3. The predicted molar refractivity (Wildman–Crippen MR) is 111 cm³/mol. The van der Waals surface area contributed by atoms with Gasteiger partial charge in [0.05, 0.1) is 5.69 Å². The molecule has 7 heteroatoms. The first-order chi connectivity index (χ1) is 13.9. The van der Waals surface area contributed by atoms with Gasteiger partial charge in [-0.05, 0) is 70.8 Å². The maximum Gasteiger partial charge on any atom is 0.368 e. The number of hydrogen-bond acceptors (Lipinski definition) is 4. The molecule has 0 atom stereocenters.